The van der Waals surface area contributed by atoms with Crippen molar-refractivity contribution in [3.8, 4) is 0 Å². The number of benzene rings is 1. The molecule has 0 N–H and O–H groups in total. The van der Waals surface area contributed by atoms with Gasteiger partial charge in [0.25, 0.3) is 5.91 Å². The number of ether oxygens (including phenoxy) is 1. The first-order chi connectivity index (χ1) is 13.6. The Bertz CT molecular complexity index is 1010. The van der Waals surface area contributed by atoms with Gasteiger partial charge in [-0.15, -0.1) is 11.3 Å². The van der Waals surface area contributed by atoms with E-state index < -0.39 is 18.5 Å². The minimum Gasteiger partial charge on any atom is -0.467 e. The second kappa shape index (κ2) is 8.12. The minimum atomic E-state index is -0.572. The summed E-state index contributed by atoms with van der Waals surface area (Å²) in [5.74, 6) is -0.342. The maximum atomic E-state index is 12.8. The Labute approximate surface area is 173 Å². The molecule has 1 aromatic carbocycles. The van der Waals surface area contributed by atoms with Crippen LogP contribution in [0.3, 0.4) is 0 Å². The zero-order chi connectivity index (χ0) is 19.5. The molecule has 0 bridgehead atoms. The Morgan fingerprint density at radius 2 is 2.07 bits per heavy atom. The van der Waals surface area contributed by atoms with Gasteiger partial charge in [0.2, 0.25) is 0 Å². The standard InChI is InChI=1S/C20H15BrN2O4S/c21-14-6-2-1-5-13(14)20(25)27-12-19(24)23-16(17-7-3-9-26-17)11-15(22-23)18-8-4-10-28-18/h1-10,16H,11-12H2. The van der Waals surface area contributed by atoms with E-state index in [1.165, 1.54) is 5.01 Å². The molecule has 6 nitrogen and oxygen atoms in total. The van der Waals surface area contributed by atoms with Crippen LogP contribution in [0.1, 0.15) is 33.5 Å². The van der Waals surface area contributed by atoms with Crippen molar-refractivity contribution in [2.75, 3.05) is 6.61 Å². The monoisotopic (exact) mass is 458 g/mol. The predicted molar refractivity (Wildman–Crippen MR) is 108 cm³/mol. The van der Waals surface area contributed by atoms with E-state index in [-0.39, 0.29) is 6.04 Å². The first kappa shape index (κ1) is 18.6. The van der Waals surface area contributed by atoms with Crippen LogP contribution in [-0.2, 0) is 9.53 Å². The molecule has 4 rings (SSSR count). The largest absolute Gasteiger partial charge is 0.467 e. The summed E-state index contributed by atoms with van der Waals surface area (Å²) in [7, 11) is 0. The molecule has 0 aliphatic carbocycles. The second-order valence-electron chi connectivity index (χ2n) is 6.05. The van der Waals surface area contributed by atoms with Crippen LogP contribution in [-0.4, -0.2) is 29.2 Å². The average molecular weight is 459 g/mol. The average Bonchev–Trinajstić information content (AvgIpc) is 3.46. The third-order valence-electron chi connectivity index (χ3n) is 4.26. The molecule has 0 radical (unpaired) electrons. The van der Waals surface area contributed by atoms with Crippen LogP contribution in [0.5, 0.6) is 0 Å². The molecule has 0 saturated heterocycles. The Kier molecular flexibility index (Phi) is 5.40. The van der Waals surface area contributed by atoms with Crippen LogP contribution in [0.2, 0.25) is 0 Å². The van der Waals surface area contributed by atoms with Crippen molar-refractivity contribution in [3.63, 3.8) is 0 Å². The molecule has 1 amide bonds. The van der Waals surface area contributed by atoms with Gasteiger partial charge in [0.1, 0.15) is 11.8 Å². The number of hydrazone groups is 1. The van der Waals surface area contributed by atoms with Crippen molar-refractivity contribution in [1.82, 2.24) is 5.01 Å². The zero-order valence-corrected chi connectivity index (χ0v) is 17.0. The summed E-state index contributed by atoms with van der Waals surface area (Å²) in [5.41, 5.74) is 1.17. The fourth-order valence-corrected chi connectivity index (χ4v) is 4.10. The summed E-state index contributed by atoms with van der Waals surface area (Å²) in [6.07, 6.45) is 2.10. The SMILES string of the molecule is O=C(OCC(=O)N1N=C(c2cccs2)CC1c1ccco1)c1ccccc1Br. The number of nitrogens with zero attached hydrogens (tertiary/aromatic N) is 2. The minimum absolute atomic E-state index is 0.359. The molecule has 142 valence electrons. The number of esters is 1. The van der Waals surface area contributed by atoms with Crippen molar-refractivity contribution < 1.29 is 18.7 Å². The molecule has 3 aromatic rings. The molecule has 2 aromatic heterocycles. The lowest BCUT2D eigenvalue weighted by Gasteiger charge is -2.19. The first-order valence-corrected chi connectivity index (χ1v) is 10.2. The number of halogens is 1. The highest BCUT2D eigenvalue weighted by molar-refractivity contribution is 9.10. The number of hydrogen-bond donors (Lipinski definition) is 0. The molecule has 1 atom stereocenters. The predicted octanol–water partition coefficient (Wildman–Crippen LogP) is 4.64. The third-order valence-corrected chi connectivity index (χ3v) is 5.87. The lowest BCUT2D eigenvalue weighted by Crippen LogP contribution is -2.31. The molecule has 1 aliphatic heterocycles. The fourth-order valence-electron chi connectivity index (χ4n) is 2.93. The number of rotatable bonds is 5. The summed E-state index contributed by atoms with van der Waals surface area (Å²) < 4.78 is 11.3. The molecule has 0 spiro atoms. The molecule has 28 heavy (non-hydrogen) atoms. The molecule has 0 saturated carbocycles. The van der Waals surface area contributed by atoms with Gasteiger partial charge in [0, 0.05) is 10.9 Å². The zero-order valence-electron chi connectivity index (χ0n) is 14.6. The molecule has 1 unspecified atom stereocenters. The van der Waals surface area contributed by atoms with Crippen molar-refractivity contribution in [1.29, 1.82) is 0 Å². The maximum absolute atomic E-state index is 12.8. The molecular weight excluding hydrogens is 444 g/mol. The second-order valence-corrected chi connectivity index (χ2v) is 7.86. The summed E-state index contributed by atoms with van der Waals surface area (Å²) in [5, 5.41) is 7.80. The molecule has 3 heterocycles. The van der Waals surface area contributed by atoms with E-state index in [1.807, 2.05) is 23.6 Å². The van der Waals surface area contributed by atoms with Crippen LogP contribution in [0.4, 0.5) is 0 Å². The van der Waals surface area contributed by atoms with Crippen LogP contribution < -0.4 is 0 Å². The van der Waals surface area contributed by atoms with Crippen molar-refractivity contribution >= 4 is 44.9 Å². The first-order valence-electron chi connectivity index (χ1n) is 8.52. The van der Waals surface area contributed by atoms with Gasteiger partial charge < -0.3 is 9.15 Å². The quantitative estimate of drug-likeness (QED) is 0.522. The van der Waals surface area contributed by atoms with Gasteiger partial charge in [-0.2, -0.15) is 5.10 Å². The number of furan rings is 1. The summed E-state index contributed by atoms with van der Waals surface area (Å²) >= 11 is 4.87. The van der Waals surface area contributed by atoms with E-state index in [0.29, 0.717) is 22.2 Å². The fraction of sp³-hybridized carbons (Fsp3) is 0.150. The number of amides is 1. The van der Waals surface area contributed by atoms with Crippen LogP contribution in [0.25, 0.3) is 0 Å². The van der Waals surface area contributed by atoms with Crippen LogP contribution in [0.15, 0.2) is 74.2 Å². The highest BCUT2D eigenvalue weighted by Crippen LogP contribution is 2.34. The number of carbonyl (C=O) groups is 2. The smallest absolute Gasteiger partial charge is 0.339 e. The van der Waals surface area contributed by atoms with Gasteiger partial charge in [0.05, 0.1) is 22.4 Å². The topological polar surface area (TPSA) is 72.1 Å². The number of hydrogen-bond acceptors (Lipinski definition) is 6. The van der Waals surface area contributed by atoms with Gasteiger partial charge in [-0.05, 0) is 51.6 Å². The van der Waals surface area contributed by atoms with Gasteiger partial charge in [-0.3, -0.25) is 4.79 Å². The van der Waals surface area contributed by atoms with Crippen LogP contribution in [0, 0.1) is 0 Å². The molecule has 8 heteroatoms. The van der Waals surface area contributed by atoms with Crippen molar-refractivity contribution in [2.24, 2.45) is 5.10 Å². The Morgan fingerprint density at radius 1 is 1.21 bits per heavy atom. The molecule has 1 aliphatic rings. The summed E-state index contributed by atoms with van der Waals surface area (Å²) in [6, 6.07) is 14.0. The Balaban J connectivity index is 1.50. The number of thiophene rings is 1. The number of carbonyl (C=O) groups excluding carboxylic acids is 2. The van der Waals surface area contributed by atoms with Crippen molar-refractivity contribution in [3.05, 3.63) is 80.8 Å². The molecule has 0 fully saturated rings. The third kappa shape index (κ3) is 3.79. The Hall–Kier alpha value is -2.71. The van der Waals surface area contributed by atoms with Gasteiger partial charge in [-0.25, -0.2) is 9.80 Å². The van der Waals surface area contributed by atoms with E-state index in [9.17, 15) is 9.59 Å². The van der Waals surface area contributed by atoms with E-state index in [2.05, 4.69) is 21.0 Å². The van der Waals surface area contributed by atoms with Crippen LogP contribution >= 0.6 is 27.3 Å². The summed E-state index contributed by atoms with van der Waals surface area (Å²) in [4.78, 5) is 26.0. The summed E-state index contributed by atoms with van der Waals surface area (Å²) in [6.45, 7) is -0.404. The van der Waals surface area contributed by atoms with E-state index in [4.69, 9.17) is 9.15 Å². The normalized spacial score (nSPS) is 16.1. The maximum Gasteiger partial charge on any atom is 0.339 e. The lowest BCUT2D eigenvalue weighted by molar-refractivity contribution is -0.136. The van der Waals surface area contributed by atoms with Gasteiger partial charge in [0.15, 0.2) is 6.61 Å². The van der Waals surface area contributed by atoms with E-state index >= 15 is 0 Å². The Morgan fingerprint density at radius 3 is 2.79 bits per heavy atom. The molecular formula is C20H15BrN2O4S. The highest BCUT2D eigenvalue weighted by Gasteiger charge is 2.35. The lowest BCUT2D eigenvalue weighted by atomic mass is 10.1. The van der Waals surface area contributed by atoms with Gasteiger partial charge in [-0.1, -0.05) is 18.2 Å². The highest BCUT2D eigenvalue weighted by atomic mass is 79.9. The van der Waals surface area contributed by atoms with Crippen molar-refractivity contribution in [2.45, 2.75) is 12.5 Å². The van der Waals surface area contributed by atoms with E-state index in [1.54, 1.807) is 47.9 Å². The van der Waals surface area contributed by atoms with E-state index in [0.717, 1.165) is 10.6 Å². The van der Waals surface area contributed by atoms with Gasteiger partial charge >= 0.3 is 5.97 Å².